The number of carboxylic acid groups (broad SMARTS) is 1. The lowest BCUT2D eigenvalue weighted by atomic mass is 9.59. The summed E-state index contributed by atoms with van der Waals surface area (Å²) >= 11 is 0. The van der Waals surface area contributed by atoms with Gasteiger partial charge in [0.05, 0.1) is 23.0 Å². The number of ether oxygens (including phenoxy) is 1. The second-order valence-electron chi connectivity index (χ2n) is 7.85. The summed E-state index contributed by atoms with van der Waals surface area (Å²) in [4.78, 5) is 36.5. The van der Waals surface area contributed by atoms with Crippen LogP contribution >= 0.6 is 0 Å². The van der Waals surface area contributed by atoms with Crippen molar-refractivity contribution in [3.8, 4) is 0 Å². The molecular formula is C20H27NO5. The van der Waals surface area contributed by atoms with E-state index in [2.05, 4.69) is 5.32 Å². The van der Waals surface area contributed by atoms with E-state index in [0.717, 1.165) is 0 Å². The number of esters is 1. The molecule has 6 heteroatoms. The summed E-state index contributed by atoms with van der Waals surface area (Å²) in [6, 6.07) is 6.48. The molecule has 1 aliphatic carbocycles. The number of nitrogens with one attached hydrogen (secondary N) is 1. The highest BCUT2D eigenvalue weighted by Crippen LogP contribution is 2.63. The van der Waals surface area contributed by atoms with Crippen molar-refractivity contribution >= 4 is 23.5 Å². The number of rotatable bonds is 5. The zero-order valence-corrected chi connectivity index (χ0v) is 16.0. The van der Waals surface area contributed by atoms with Gasteiger partial charge in [-0.1, -0.05) is 20.8 Å². The van der Waals surface area contributed by atoms with Gasteiger partial charge < -0.3 is 15.2 Å². The van der Waals surface area contributed by atoms with Gasteiger partial charge >= 0.3 is 11.9 Å². The van der Waals surface area contributed by atoms with E-state index in [1.807, 2.05) is 20.8 Å². The van der Waals surface area contributed by atoms with Crippen LogP contribution in [0.3, 0.4) is 0 Å². The van der Waals surface area contributed by atoms with E-state index in [4.69, 9.17) is 4.74 Å². The molecule has 1 aromatic carbocycles. The Hall–Kier alpha value is -2.37. The highest BCUT2D eigenvalue weighted by Gasteiger charge is 2.64. The molecule has 0 aliphatic heterocycles. The topological polar surface area (TPSA) is 92.7 Å². The zero-order valence-electron chi connectivity index (χ0n) is 16.0. The first-order valence-electron chi connectivity index (χ1n) is 8.81. The van der Waals surface area contributed by atoms with Crippen LogP contribution in [-0.4, -0.2) is 29.6 Å². The molecule has 1 fully saturated rings. The number of anilines is 1. The van der Waals surface area contributed by atoms with Crippen molar-refractivity contribution in [2.75, 3.05) is 11.9 Å². The Morgan fingerprint density at radius 1 is 1.04 bits per heavy atom. The van der Waals surface area contributed by atoms with Crippen molar-refractivity contribution in [2.45, 2.75) is 47.5 Å². The van der Waals surface area contributed by atoms with Gasteiger partial charge in [0.1, 0.15) is 0 Å². The fraction of sp³-hybridized carbons (Fsp3) is 0.550. The molecule has 2 N–H and O–H groups in total. The van der Waals surface area contributed by atoms with Gasteiger partial charge in [-0.15, -0.1) is 0 Å². The second-order valence-corrected chi connectivity index (χ2v) is 7.85. The number of carbonyl (C=O) groups excluding carboxylic acids is 2. The van der Waals surface area contributed by atoms with E-state index in [9.17, 15) is 19.5 Å². The minimum absolute atomic E-state index is 0.212. The number of carbonyl (C=O) groups is 3. The molecule has 1 amide bonds. The minimum atomic E-state index is -0.965. The summed E-state index contributed by atoms with van der Waals surface area (Å²) in [5.41, 5.74) is -1.53. The molecule has 0 saturated heterocycles. The number of amides is 1. The van der Waals surface area contributed by atoms with Gasteiger partial charge in [-0.3, -0.25) is 9.59 Å². The molecule has 6 nitrogen and oxygen atoms in total. The summed E-state index contributed by atoms with van der Waals surface area (Å²) in [5, 5.41) is 12.5. The lowest BCUT2D eigenvalue weighted by Gasteiger charge is -2.44. The predicted octanol–water partition coefficient (Wildman–Crippen LogP) is 3.72. The fourth-order valence-electron chi connectivity index (χ4n) is 3.68. The first-order chi connectivity index (χ1) is 12.0. The Bertz CT molecular complexity index is 724. The van der Waals surface area contributed by atoms with Gasteiger partial charge in [0, 0.05) is 5.69 Å². The Morgan fingerprint density at radius 3 is 2.04 bits per heavy atom. The van der Waals surface area contributed by atoms with Crippen molar-refractivity contribution in [2.24, 2.45) is 16.2 Å². The number of hydrogen-bond donors (Lipinski definition) is 2. The van der Waals surface area contributed by atoms with Gasteiger partial charge in [-0.2, -0.15) is 0 Å². The van der Waals surface area contributed by atoms with Gasteiger partial charge in [0.15, 0.2) is 0 Å². The molecule has 26 heavy (non-hydrogen) atoms. The normalized spacial score (nSPS) is 27.0. The highest BCUT2D eigenvalue weighted by molar-refractivity contribution is 5.97. The van der Waals surface area contributed by atoms with Crippen molar-refractivity contribution in [3.63, 3.8) is 0 Å². The molecule has 1 aromatic rings. The molecule has 142 valence electrons. The van der Waals surface area contributed by atoms with E-state index < -0.39 is 28.2 Å². The van der Waals surface area contributed by atoms with Gasteiger partial charge in [0.2, 0.25) is 5.91 Å². The minimum Gasteiger partial charge on any atom is -0.481 e. The number of hydrogen-bond acceptors (Lipinski definition) is 4. The van der Waals surface area contributed by atoms with Crippen LogP contribution < -0.4 is 5.32 Å². The summed E-state index contributed by atoms with van der Waals surface area (Å²) < 4.78 is 4.94. The Morgan fingerprint density at radius 2 is 1.58 bits per heavy atom. The number of benzene rings is 1. The average Bonchev–Trinajstić information content (AvgIpc) is 2.78. The van der Waals surface area contributed by atoms with Crippen molar-refractivity contribution < 1.29 is 24.2 Å². The van der Waals surface area contributed by atoms with Crippen molar-refractivity contribution in [1.82, 2.24) is 0 Å². The smallest absolute Gasteiger partial charge is 0.338 e. The predicted molar refractivity (Wildman–Crippen MR) is 97.9 cm³/mol. The lowest BCUT2D eigenvalue weighted by Crippen LogP contribution is -2.49. The largest absolute Gasteiger partial charge is 0.481 e. The monoisotopic (exact) mass is 361 g/mol. The fourth-order valence-corrected chi connectivity index (χ4v) is 3.68. The van der Waals surface area contributed by atoms with Gasteiger partial charge in [-0.25, -0.2) is 4.79 Å². The SMILES string of the molecule is CCOC(=O)c1ccc(NC(=O)C2(C)CCC(C)(C(=O)O)C2(C)C)cc1. The van der Waals surface area contributed by atoms with Crippen LogP contribution in [0.25, 0.3) is 0 Å². The van der Waals surface area contributed by atoms with Crippen LogP contribution in [0.15, 0.2) is 24.3 Å². The maximum atomic E-state index is 13.0. The van der Waals surface area contributed by atoms with E-state index in [1.54, 1.807) is 38.1 Å². The molecule has 0 aromatic heterocycles. The van der Waals surface area contributed by atoms with Gasteiger partial charge in [-0.05, 0) is 56.4 Å². The number of carboxylic acids is 1. The van der Waals surface area contributed by atoms with Gasteiger partial charge in [0.25, 0.3) is 0 Å². The Labute approximate surface area is 153 Å². The standard InChI is InChI=1S/C20H27NO5/c1-6-26-15(22)13-7-9-14(10-8-13)21-16(23)19(4)11-12-20(5,17(24)25)18(19,2)3/h7-10H,6,11-12H2,1-5H3,(H,21,23)(H,24,25). The van der Waals surface area contributed by atoms with Crippen LogP contribution in [-0.2, 0) is 14.3 Å². The molecular weight excluding hydrogens is 334 g/mol. The van der Waals surface area contributed by atoms with E-state index in [1.165, 1.54) is 0 Å². The third-order valence-corrected chi connectivity index (χ3v) is 6.51. The van der Waals surface area contributed by atoms with Crippen LogP contribution in [0.4, 0.5) is 5.69 Å². The van der Waals surface area contributed by atoms with Crippen LogP contribution in [0.2, 0.25) is 0 Å². The molecule has 1 aliphatic rings. The third-order valence-electron chi connectivity index (χ3n) is 6.51. The van der Waals surface area contributed by atoms with Crippen molar-refractivity contribution in [1.29, 1.82) is 0 Å². The summed E-state index contributed by atoms with van der Waals surface area (Å²) in [7, 11) is 0. The first kappa shape index (κ1) is 19.9. The molecule has 2 rings (SSSR count). The summed E-state index contributed by atoms with van der Waals surface area (Å²) in [6.45, 7) is 9.26. The number of aliphatic carboxylic acids is 1. The third kappa shape index (κ3) is 2.97. The average molecular weight is 361 g/mol. The highest BCUT2D eigenvalue weighted by atomic mass is 16.5. The summed E-state index contributed by atoms with van der Waals surface area (Å²) in [5.74, 6) is -1.50. The van der Waals surface area contributed by atoms with E-state index in [-0.39, 0.29) is 5.91 Å². The Balaban J connectivity index is 2.19. The summed E-state index contributed by atoms with van der Waals surface area (Å²) in [6.07, 6.45) is 0.941. The van der Waals surface area contributed by atoms with E-state index in [0.29, 0.717) is 30.7 Å². The Kier molecular flexibility index (Phi) is 5.17. The molecule has 0 heterocycles. The quantitative estimate of drug-likeness (QED) is 0.780. The van der Waals surface area contributed by atoms with Crippen molar-refractivity contribution in [3.05, 3.63) is 29.8 Å². The van der Waals surface area contributed by atoms with Crippen LogP contribution in [0, 0.1) is 16.2 Å². The lowest BCUT2D eigenvalue weighted by molar-refractivity contribution is -0.157. The second kappa shape index (κ2) is 6.74. The molecule has 0 bridgehead atoms. The van der Waals surface area contributed by atoms with Crippen LogP contribution in [0.5, 0.6) is 0 Å². The molecule has 0 spiro atoms. The maximum absolute atomic E-state index is 13.0. The molecule has 0 radical (unpaired) electrons. The molecule has 2 unspecified atom stereocenters. The zero-order chi connectivity index (χ0) is 19.8. The molecule has 1 saturated carbocycles. The molecule has 2 atom stereocenters. The maximum Gasteiger partial charge on any atom is 0.338 e. The first-order valence-corrected chi connectivity index (χ1v) is 8.81. The van der Waals surface area contributed by atoms with Crippen LogP contribution in [0.1, 0.15) is 57.8 Å². The van der Waals surface area contributed by atoms with E-state index >= 15 is 0 Å².